The van der Waals surface area contributed by atoms with E-state index in [0.717, 1.165) is 23.3 Å². The minimum absolute atomic E-state index is 0.147. The van der Waals surface area contributed by atoms with Gasteiger partial charge in [0.25, 0.3) is 10.0 Å². The number of rotatable bonds is 7. The van der Waals surface area contributed by atoms with Crippen LogP contribution in [0.4, 0.5) is 0 Å². The van der Waals surface area contributed by atoms with Gasteiger partial charge in [0.05, 0.1) is 26.8 Å². The number of thiophene rings is 1. The molecule has 2 heterocycles. The number of methoxy groups -OCH3 is 2. The average Bonchev–Trinajstić information content (AvgIpc) is 3.35. The van der Waals surface area contributed by atoms with Gasteiger partial charge in [0.2, 0.25) is 5.91 Å². The molecule has 0 aliphatic carbocycles. The van der Waals surface area contributed by atoms with Crippen LogP contribution in [0.3, 0.4) is 0 Å². The molecule has 28 heavy (non-hydrogen) atoms. The van der Waals surface area contributed by atoms with Gasteiger partial charge in [-0.3, -0.25) is 4.79 Å². The first kappa shape index (κ1) is 20.6. The number of amides is 1. The number of nitrogens with zero attached hydrogens (tertiary/aromatic N) is 1. The topological polar surface area (TPSA) is 84.9 Å². The summed E-state index contributed by atoms with van der Waals surface area (Å²) in [5, 5.41) is 2.69. The molecule has 1 amide bonds. The van der Waals surface area contributed by atoms with Crippen molar-refractivity contribution in [1.82, 2.24) is 9.62 Å². The second-order valence-electron chi connectivity index (χ2n) is 6.52. The maximum absolute atomic E-state index is 13.2. The van der Waals surface area contributed by atoms with E-state index < -0.39 is 10.0 Å². The molecule has 9 heteroatoms. The molecule has 7 nitrogen and oxygen atoms in total. The van der Waals surface area contributed by atoms with Crippen molar-refractivity contribution in [2.75, 3.05) is 20.8 Å². The number of benzene rings is 1. The molecule has 1 aromatic carbocycles. The predicted octanol–water partition coefficient (Wildman–Crippen LogP) is 2.93. The van der Waals surface area contributed by atoms with E-state index in [1.54, 1.807) is 36.7 Å². The van der Waals surface area contributed by atoms with Crippen molar-refractivity contribution in [3.63, 3.8) is 0 Å². The standard InChI is InChI=1S/C19H24N2O5S2/c1-13(22)20-12-15-7-9-19(27-15)28(23,24)21-10-4-5-16(21)14-6-8-17(25-2)18(11-14)26-3/h6-9,11,16H,4-5,10,12H2,1-3H3,(H,20,22). The van der Waals surface area contributed by atoms with Gasteiger partial charge in [0, 0.05) is 18.3 Å². The zero-order valence-electron chi connectivity index (χ0n) is 16.1. The lowest BCUT2D eigenvalue weighted by atomic mass is 10.0. The average molecular weight is 425 g/mol. The van der Waals surface area contributed by atoms with Crippen molar-refractivity contribution in [1.29, 1.82) is 0 Å². The Balaban J connectivity index is 1.86. The monoisotopic (exact) mass is 424 g/mol. The van der Waals surface area contributed by atoms with E-state index in [9.17, 15) is 13.2 Å². The van der Waals surface area contributed by atoms with Gasteiger partial charge in [-0.15, -0.1) is 11.3 Å². The Bertz CT molecular complexity index is 955. The molecule has 152 valence electrons. The van der Waals surface area contributed by atoms with Gasteiger partial charge in [0.1, 0.15) is 4.21 Å². The minimum Gasteiger partial charge on any atom is -0.493 e. The molecule has 1 fully saturated rings. The number of ether oxygens (including phenoxy) is 2. The van der Waals surface area contributed by atoms with Gasteiger partial charge in [-0.25, -0.2) is 8.42 Å². The molecule has 1 aliphatic rings. The van der Waals surface area contributed by atoms with Crippen molar-refractivity contribution >= 4 is 27.3 Å². The molecule has 1 aromatic heterocycles. The lowest BCUT2D eigenvalue weighted by molar-refractivity contribution is -0.119. The van der Waals surface area contributed by atoms with Gasteiger partial charge in [0.15, 0.2) is 11.5 Å². The first-order valence-electron chi connectivity index (χ1n) is 8.93. The molecule has 1 saturated heterocycles. The Morgan fingerprint density at radius 1 is 1.21 bits per heavy atom. The second kappa shape index (κ2) is 8.50. The first-order valence-corrected chi connectivity index (χ1v) is 11.2. The van der Waals surface area contributed by atoms with Crippen LogP contribution < -0.4 is 14.8 Å². The molecule has 0 spiro atoms. The van der Waals surface area contributed by atoms with Crippen LogP contribution >= 0.6 is 11.3 Å². The van der Waals surface area contributed by atoms with Gasteiger partial charge >= 0.3 is 0 Å². The number of carbonyl (C=O) groups excluding carboxylic acids is 1. The first-order chi connectivity index (χ1) is 13.4. The van der Waals surface area contributed by atoms with Crippen LogP contribution in [0.1, 0.15) is 36.2 Å². The highest BCUT2D eigenvalue weighted by Gasteiger charge is 2.37. The summed E-state index contributed by atoms with van der Waals surface area (Å²) < 4.78 is 39.0. The molecular formula is C19H24N2O5S2. The molecule has 2 aromatic rings. The summed E-state index contributed by atoms with van der Waals surface area (Å²) in [6.45, 7) is 2.23. The Morgan fingerprint density at radius 3 is 2.64 bits per heavy atom. The van der Waals surface area contributed by atoms with Crippen LogP contribution in [0.2, 0.25) is 0 Å². The van der Waals surface area contributed by atoms with Crippen LogP contribution in [-0.2, 0) is 21.4 Å². The van der Waals surface area contributed by atoms with Crippen LogP contribution in [0.25, 0.3) is 0 Å². The van der Waals surface area contributed by atoms with E-state index in [0.29, 0.717) is 28.8 Å². The van der Waals surface area contributed by atoms with Gasteiger partial charge in [-0.05, 0) is 42.7 Å². The minimum atomic E-state index is -3.62. The maximum atomic E-state index is 13.2. The molecule has 0 bridgehead atoms. The van der Waals surface area contributed by atoms with Crippen LogP contribution in [0, 0.1) is 0 Å². The lowest BCUT2D eigenvalue weighted by Gasteiger charge is -2.24. The summed E-state index contributed by atoms with van der Waals surface area (Å²) in [6.07, 6.45) is 1.54. The van der Waals surface area contributed by atoms with Crippen LogP contribution in [0.15, 0.2) is 34.5 Å². The van der Waals surface area contributed by atoms with Crippen molar-refractivity contribution in [2.24, 2.45) is 0 Å². The quantitative estimate of drug-likeness (QED) is 0.739. The lowest BCUT2D eigenvalue weighted by Crippen LogP contribution is -2.30. The smallest absolute Gasteiger partial charge is 0.253 e. The molecular weight excluding hydrogens is 400 g/mol. The Labute approximate surface area is 169 Å². The van der Waals surface area contributed by atoms with E-state index >= 15 is 0 Å². The van der Waals surface area contributed by atoms with Crippen molar-refractivity contribution < 1.29 is 22.7 Å². The van der Waals surface area contributed by atoms with Crippen molar-refractivity contribution in [2.45, 2.75) is 36.6 Å². The van der Waals surface area contributed by atoms with E-state index in [2.05, 4.69) is 5.32 Å². The molecule has 1 aliphatic heterocycles. The normalized spacial score (nSPS) is 17.5. The second-order valence-corrected chi connectivity index (χ2v) is 9.80. The zero-order chi connectivity index (χ0) is 20.3. The van der Waals surface area contributed by atoms with Crippen LogP contribution in [-0.4, -0.2) is 39.4 Å². The van der Waals surface area contributed by atoms with Crippen molar-refractivity contribution in [3.05, 3.63) is 40.8 Å². The molecule has 3 rings (SSSR count). The van der Waals surface area contributed by atoms with E-state index in [1.807, 2.05) is 12.1 Å². The number of hydrogen-bond donors (Lipinski definition) is 1. The van der Waals surface area contributed by atoms with Gasteiger partial charge in [-0.2, -0.15) is 4.31 Å². The largest absolute Gasteiger partial charge is 0.493 e. The van der Waals surface area contributed by atoms with E-state index in [-0.39, 0.29) is 11.9 Å². The summed E-state index contributed by atoms with van der Waals surface area (Å²) in [6, 6.07) is 8.64. The fraction of sp³-hybridized carbons (Fsp3) is 0.421. The Kier molecular flexibility index (Phi) is 6.26. The zero-order valence-corrected chi connectivity index (χ0v) is 17.7. The van der Waals surface area contributed by atoms with Crippen molar-refractivity contribution in [3.8, 4) is 11.5 Å². The molecule has 1 atom stereocenters. The fourth-order valence-corrected chi connectivity index (χ4v) is 6.45. The molecule has 0 saturated carbocycles. The van der Waals surface area contributed by atoms with E-state index in [4.69, 9.17) is 9.47 Å². The van der Waals surface area contributed by atoms with E-state index in [1.165, 1.54) is 18.3 Å². The number of sulfonamides is 1. The third kappa shape index (κ3) is 4.16. The third-order valence-corrected chi connectivity index (χ3v) is 8.17. The summed E-state index contributed by atoms with van der Waals surface area (Å²) >= 11 is 1.19. The molecule has 1 N–H and O–H groups in total. The van der Waals surface area contributed by atoms with Gasteiger partial charge < -0.3 is 14.8 Å². The highest BCUT2D eigenvalue weighted by molar-refractivity contribution is 7.91. The Hall–Kier alpha value is -2.10. The SMILES string of the molecule is COc1ccc(C2CCCN2S(=O)(=O)c2ccc(CNC(C)=O)s2)cc1OC. The maximum Gasteiger partial charge on any atom is 0.253 e. The molecule has 1 unspecified atom stereocenters. The number of hydrogen-bond acceptors (Lipinski definition) is 6. The number of nitrogens with one attached hydrogen (secondary N) is 1. The Morgan fingerprint density at radius 2 is 1.96 bits per heavy atom. The number of carbonyl (C=O) groups is 1. The summed E-state index contributed by atoms with van der Waals surface area (Å²) in [5.41, 5.74) is 0.883. The third-order valence-electron chi connectivity index (χ3n) is 4.71. The summed E-state index contributed by atoms with van der Waals surface area (Å²) in [5.74, 6) is 1.04. The summed E-state index contributed by atoms with van der Waals surface area (Å²) in [4.78, 5) is 11.9. The fourth-order valence-electron chi connectivity index (χ4n) is 3.34. The van der Waals surface area contributed by atoms with Gasteiger partial charge in [-0.1, -0.05) is 6.07 Å². The highest BCUT2D eigenvalue weighted by Crippen LogP contribution is 2.40. The highest BCUT2D eigenvalue weighted by atomic mass is 32.2. The predicted molar refractivity (Wildman–Crippen MR) is 107 cm³/mol. The van der Waals surface area contributed by atoms with Crippen LogP contribution in [0.5, 0.6) is 11.5 Å². The summed E-state index contributed by atoms with van der Waals surface area (Å²) in [7, 11) is -0.491. The molecule has 0 radical (unpaired) electrons.